The van der Waals surface area contributed by atoms with Crippen molar-refractivity contribution in [3.63, 3.8) is 0 Å². The fourth-order valence-electron chi connectivity index (χ4n) is 4.73. The highest BCUT2D eigenvalue weighted by atomic mass is 35.5. The molecule has 3 saturated heterocycles. The van der Waals surface area contributed by atoms with E-state index in [1.807, 2.05) is 11.8 Å². The Morgan fingerprint density at radius 2 is 1.95 bits per heavy atom. The first-order valence-corrected chi connectivity index (χ1v) is 9.52. The molecule has 118 valence electrons. The van der Waals surface area contributed by atoms with E-state index in [-0.39, 0.29) is 33.7 Å². The zero-order valence-corrected chi connectivity index (χ0v) is 13.5. The predicted octanol–water partition coefficient (Wildman–Crippen LogP) is 2.43. The molecule has 0 aromatic heterocycles. The second kappa shape index (κ2) is 5.66. The van der Waals surface area contributed by atoms with Crippen LogP contribution in [0.15, 0.2) is 0 Å². The Labute approximate surface area is 134 Å². The molecule has 21 heavy (non-hydrogen) atoms. The Kier molecular flexibility index (Phi) is 3.97. The molecule has 0 spiro atoms. The van der Waals surface area contributed by atoms with Crippen LogP contribution < -0.4 is 10.6 Å². The van der Waals surface area contributed by atoms with Gasteiger partial charge in [0.2, 0.25) is 0 Å². The van der Waals surface area contributed by atoms with E-state index < -0.39 is 6.30 Å². The number of piperidine rings is 2. The molecule has 0 bridgehead atoms. The number of nitrogens with one attached hydrogen (secondary N) is 2. The molecule has 1 saturated carbocycles. The summed E-state index contributed by atoms with van der Waals surface area (Å²) >= 11 is 8.38. The van der Waals surface area contributed by atoms with Gasteiger partial charge in [0.1, 0.15) is 0 Å². The fraction of sp³-hybridized carbons (Fsp3) is 0.933. The predicted molar refractivity (Wildman–Crippen MR) is 83.2 cm³/mol. The summed E-state index contributed by atoms with van der Waals surface area (Å²) in [7, 11) is 0. The SMILES string of the molecule is O=C1C2NC(F)CCC2SC2C(Cl)NC3CCCCC3C12. The number of rotatable bonds is 0. The van der Waals surface area contributed by atoms with Crippen LogP contribution in [0.2, 0.25) is 0 Å². The fourth-order valence-corrected chi connectivity index (χ4v) is 7.00. The third-order valence-corrected chi connectivity index (χ3v) is 7.98. The van der Waals surface area contributed by atoms with Crippen LogP contribution in [0.3, 0.4) is 0 Å². The molecular weight excluding hydrogens is 311 g/mol. The Balaban J connectivity index is 1.62. The van der Waals surface area contributed by atoms with Crippen LogP contribution in [0.5, 0.6) is 0 Å². The lowest BCUT2D eigenvalue weighted by Gasteiger charge is -2.53. The molecule has 2 N–H and O–H groups in total. The number of ketones is 1. The Bertz CT molecular complexity index is 440. The number of fused-ring (bicyclic) bond motifs is 4. The number of thioether (sulfide) groups is 1. The van der Waals surface area contributed by atoms with E-state index in [0.717, 1.165) is 19.3 Å². The quantitative estimate of drug-likeness (QED) is 0.528. The van der Waals surface area contributed by atoms with Gasteiger partial charge in [0, 0.05) is 22.5 Å². The van der Waals surface area contributed by atoms with Gasteiger partial charge in [-0.15, -0.1) is 23.4 Å². The monoisotopic (exact) mass is 332 g/mol. The minimum absolute atomic E-state index is 0.00287. The highest BCUT2D eigenvalue weighted by molar-refractivity contribution is 8.00. The zero-order valence-electron chi connectivity index (χ0n) is 11.9. The molecule has 6 heteroatoms. The number of carbonyl (C=O) groups is 1. The third kappa shape index (κ3) is 2.44. The lowest BCUT2D eigenvalue weighted by molar-refractivity contribution is -0.130. The molecule has 0 radical (unpaired) electrons. The Morgan fingerprint density at radius 3 is 2.81 bits per heavy atom. The molecule has 0 amide bonds. The van der Waals surface area contributed by atoms with Crippen LogP contribution in [-0.4, -0.2) is 40.2 Å². The van der Waals surface area contributed by atoms with E-state index in [1.165, 1.54) is 12.8 Å². The van der Waals surface area contributed by atoms with Crippen LogP contribution in [-0.2, 0) is 4.79 Å². The van der Waals surface area contributed by atoms with E-state index in [0.29, 0.717) is 18.4 Å². The van der Waals surface area contributed by atoms with Crippen LogP contribution >= 0.6 is 23.4 Å². The van der Waals surface area contributed by atoms with Crippen molar-refractivity contribution in [2.45, 2.75) is 72.9 Å². The van der Waals surface area contributed by atoms with Crippen molar-refractivity contribution in [2.75, 3.05) is 0 Å². The minimum Gasteiger partial charge on any atom is -0.298 e. The molecule has 3 nitrogen and oxygen atoms in total. The first-order valence-electron chi connectivity index (χ1n) is 8.14. The average Bonchev–Trinajstić information content (AvgIpc) is 2.48. The number of hydrogen-bond acceptors (Lipinski definition) is 4. The molecule has 4 aliphatic rings. The van der Waals surface area contributed by atoms with Gasteiger partial charge >= 0.3 is 0 Å². The molecule has 4 rings (SSSR count). The summed E-state index contributed by atoms with van der Waals surface area (Å²) in [5, 5.41) is 6.79. The van der Waals surface area contributed by atoms with Gasteiger partial charge in [-0.1, -0.05) is 12.8 Å². The van der Waals surface area contributed by atoms with Gasteiger partial charge in [-0.2, -0.15) is 0 Å². The van der Waals surface area contributed by atoms with E-state index >= 15 is 0 Å². The second-order valence-corrected chi connectivity index (χ2v) is 8.77. The summed E-state index contributed by atoms with van der Waals surface area (Å²) in [5.74, 6) is 0.625. The zero-order chi connectivity index (χ0) is 14.6. The largest absolute Gasteiger partial charge is 0.298 e. The number of hydrogen-bond donors (Lipinski definition) is 2. The van der Waals surface area contributed by atoms with Gasteiger partial charge in [-0.25, -0.2) is 4.39 Å². The first-order chi connectivity index (χ1) is 10.1. The molecule has 3 aliphatic heterocycles. The van der Waals surface area contributed by atoms with Gasteiger partial charge in [0.05, 0.1) is 11.5 Å². The van der Waals surface area contributed by atoms with Crippen molar-refractivity contribution in [3.05, 3.63) is 0 Å². The summed E-state index contributed by atoms with van der Waals surface area (Å²) < 4.78 is 13.7. The minimum atomic E-state index is -1.02. The summed E-state index contributed by atoms with van der Waals surface area (Å²) in [6.07, 6.45) is 4.88. The molecule has 8 atom stereocenters. The molecule has 8 unspecified atom stereocenters. The smallest absolute Gasteiger partial charge is 0.155 e. The standard InChI is InChI=1S/C15H22ClFN2OS/c16-15-14-11(7-3-1-2-4-8(7)18-15)13(20)12-9(21-14)5-6-10(17)19-12/h7-12,14-15,18-19H,1-6H2. The maximum Gasteiger partial charge on any atom is 0.155 e. The lowest BCUT2D eigenvalue weighted by Crippen LogP contribution is -2.67. The molecule has 0 aromatic rings. The van der Waals surface area contributed by atoms with Crippen molar-refractivity contribution in [1.82, 2.24) is 10.6 Å². The summed E-state index contributed by atoms with van der Waals surface area (Å²) in [4.78, 5) is 13.0. The number of carbonyl (C=O) groups excluding carboxylic acids is 1. The average molecular weight is 333 g/mol. The summed E-state index contributed by atoms with van der Waals surface area (Å²) in [6, 6.07) is 0.0675. The maximum absolute atomic E-state index is 13.7. The van der Waals surface area contributed by atoms with Gasteiger partial charge in [-0.3, -0.25) is 15.4 Å². The second-order valence-electron chi connectivity index (χ2n) is 6.88. The normalized spacial score (nSPS) is 53.5. The molecule has 0 aromatic carbocycles. The van der Waals surface area contributed by atoms with Gasteiger partial charge in [0.25, 0.3) is 0 Å². The number of halogens is 2. The highest BCUT2D eigenvalue weighted by Crippen LogP contribution is 2.49. The van der Waals surface area contributed by atoms with Gasteiger partial charge < -0.3 is 0 Å². The van der Waals surface area contributed by atoms with Crippen molar-refractivity contribution < 1.29 is 9.18 Å². The topological polar surface area (TPSA) is 41.1 Å². The van der Waals surface area contributed by atoms with Crippen molar-refractivity contribution in [3.8, 4) is 0 Å². The summed E-state index contributed by atoms with van der Waals surface area (Å²) in [5.41, 5.74) is -0.132. The van der Waals surface area contributed by atoms with E-state index in [1.54, 1.807) is 0 Å². The van der Waals surface area contributed by atoms with Gasteiger partial charge in [0.15, 0.2) is 12.1 Å². The Morgan fingerprint density at radius 1 is 1.14 bits per heavy atom. The van der Waals surface area contributed by atoms with Crippen LogP contribution in [0.25, 0.3) is 0 Å². The van der Waals surface area contributed by atoms with Crippen LogP contribution in [0, 0.1) is 11.8 Å². The lowest BCUT2D eigenvalue weighted by atomic mass is 9.69. The van der Waals surface area contributed by atoms with Crippen LogP contribution in [0.4, 0.5) is 4.39 Å². The van der Waals surface area contributed by atoms with Crippen molar-refractivity contribution >= 4 is 29.1 Å². The van der Waals surface area contributed by atoms with E-state index in [4.69, 9.17) is 11.6 Å². The van der Waals surface area contributed by atoms with Crippen molar-refractivity contribution in [2.24, 2.45) is 11.8 Å². The molecule has 1 aliphatic carbocycles. The highest BCUT2D eigenvalue weighted by Gasteiger charge is 2.55. The van der Waals surface area contributed by atoms with E-state index in [9.17, 15) is 9.18 Å². The van der Waals surface area contributed by atoms with Crippen molar-refractivity contribution in [1.29, 1.82) is 0 Å². The molecule has 4 fully saturated rings. The molecular formula is C15H22ClFN2OS. The first kappa shape index (κ1) is 14.7. The van der Waals surface area contributed by atoms with Crippen LogP contribution in [0.1, 0.15) is 38.5 Å². The Hall–Kier alpha value is 0.160. The summed E-state index contributed by atoms with van der Waals surface area (Å²) in [6.45, 7) is 0. The maximum atomic E-state index is 13.7. The number of alkyl halides is 2. The number of Topliss-reactive ketones (excluding diaryl/α,β-unsaturated/α-hetero) is 1. The van der Waals surface area contributed by atoms with E-state index in [2.05, 4.69) is 10.6 Å². The molecule has 3 heterocycles. The van der Waals surface area contributed by atoms with Gasteiger partial charge in [-0.05, 0) is 31.6 Å². The third-order valence-electron chi connectivity index (χ3n) is 5.70.